The van der Waals surface area contributed by atoms with Gasteiger partial charge in [-0.1, -0.05) is 54.0 Å². The highest BCUT2D eigenvalue weighted by atomic mass is 79.9. The van der Waals surface area contributed by atoms with Crippen LogP contribution in [0.3, 0.4) is 0 Å². The second-order valence-electron chi connectivity index (χ2n) is 8.93. The molecule has 4 aromatic rings. The molecule has 1 saturated heterocycles. The topological polar surface area (TPSA) is 41.3 Å². The van der Waals surface area contributed by atoms with Crippen molar-refractivity contribution < 1.29 is 4.42 Å². The number of furan rings is 1. The first-order valence-corrected chi connectivity index (χ1v) is 12.6. The predicted octanol–water partition coefficient (Wildman–Crippen LogP) is 7.71. The molecule has 0 unspecified atom stereocenters. The van der Waals surface area contributed by atoms with Crippen LogP contribution < -0.4 is 10.2 Å². The van der Waals surface area contributed by atoms with E-state index in [0.29, 0.717) is 11.0 Å². The van der Waals surface area contributed by atoms with Crippen LogP contribution in [0.2, 0.25) is 0 Å². The Morgan fingerprint density at radius 2 is 1.82 bits per heavy atom. The van der Waals surface area contributed by atoms with Crippen molar-refractivity contribution in [2.24, 2.45) is 0 Å². The molecule has 172 valence electrons. The highest BCUT2D eigenvalue weighted by molar-refractivity contribution is 9.10. The first-order chi connectivity index (χ1) is 16.4. The fourth-order valence-corrected chi connectivity index (χ4v) is 5.45. The number of benzene rings is 2. The standard InChI is InChI=1S/C28H26BrN3OS/c1-17(2)19-8-10-20(11-9-19)32-27(26(31-28(32)34)23-6-4-5-15-30-23)25-14-13-24(33-25)21-12-7-18(3)16-22(21)29/h4-17,26-27H,1-3H3,(H,31,34)/t26-,27+/m0/s1. The van der Waals surface area contributed by atoms with Crippen LogP contribution in [-0.4, -0.2) is 10.1 Å². The first-order valence-electron chi connectivity index (χ1n) is 11.4. The van der Waals surface area contributed by atoms with E-state index >= 15 is 0 Å². The van der Waals surface area contributed by atoms with Gasteiger partial charge in [0.2, 0.25) is 0 Å². The summed E-state index contributed by atoms with van der Waals surface area (Å²) in [6.07, 6.45) is 1.81. The van der Waals surface area contributed by atoms with Crippen LogP contribution in [0, 0.1) is 6.92 Å². The van der Waals surface area contributed by atoms with Crippen LogP contribution in [-0.2, 0) is 0 Å². The molecule has 1 aliphatic rings. The normalized spacial score (nSPS) is 17.9. The number of rotatable bonds is 5. The van der Waals surface area contributed by atoms with E-state index in [2.05, 4.69) is 94.4 Å². The van der Waals surface area contributed by atoms with Crippen molar-refractivity contribution in [3.05, 3.63) is 106 Å². The van der Waals surface area contributed by atoms with Gasteiger partial charge >= 0.3 is 0 Å². The van der Waals surface area contributed by atoms with Crippen molar-refractivity contribution in [3.8, 4) is 11.3 Å². The zero-order chi connectivity index (χ0) is 23.8. The van der Waals surface area contributed by atoms with E-state index in [1.165, 1.54) is 11.1 Å². The van der Waals surface area contributed by atoms with E-state index in [1.807, 2.05) is 36.5 Å². The van der Waals surface area contributed by atoms with Crippen LogP contribution in [0.1, 0.15) is 54.4 Å². The van der Waals surface area contributed by atoms with Crippen LogP contribution in [0.5, 0.6) is 0 Å². The van der Waals surface area contributed by atoms with Gasteiger partial charge in [0.05, 0.1) is 11.7 Å². The minimum absolute atomic E-state index is 0.140. The summed E-state index contributed by atoms with van der Waals surface area (Å²) in [6, 6.07) is 24.6. The molecule has 1 fully saturated rings. The molecule has 5 rings (SSSR count). The largest absolute Gasteiger partial charge is 0.459 e. The maximum absolute atomic E-state index is 6.49. The van der Waals surface area contributed by atoms with Gasteiger partial charge in [0.15, 0.2) is 5.11 Å². The van der Waals surface area contributed by atoms with Crippen molar-refractivity contribution in [2.45, 2.75) is 38.8 Å². The van der Waals surface area contributed by atoms with Crippen molar-refractivity contribution >= 4 is 38.9 Å². The van der Waals surface area contributed by atoms with E-state index in [9.17, 15) is 0 Å². The van der Waals surface area contributed by atoms with Gasteiger partial charge in [-0.15, -0.1) is 0 Å². The average Bonchev–Trinajstić information content (AvgIpc) is 3.44. The highest BCUT2D eigenvalue weighted by Crippen LogP contribution is 2.43. The number of anilines is 1. The van der Waals surface area contributed by atoms with Gasteiger partial charge in [0.1, 0.15) is 17.6 Å². The first kappa shape index (κ1) is 22.8. The van der Waals surface area contributed by atoms with Crippen molar-refractivity contribution in [2.75, 3.05) is 4.90 Å². The Bertz CT molecular complexity index is 1320. The Hall–Kier alpha value is -2.96. The number of nitrogens with one attached hydrogen (secondary N) is 1. The third kappa shape index (κ3) is 4.28. The van der Waals surface area contributed by atoms with Crippen LogP contribution in [0.15, 0.2) is 87.9 Å². The number of nitrogens with zero attached hydrogens (tertiary/aromatic N) is 2. The molecule has 2 aromatic heterocycles. The average molecular weight is 533 g/mol. The summed E-state index contributed by atoms with van der Waals surface area (Å²) in [5, 5.41) is 4.16. The molecular weight excluding hydrogens is 506 g/mol. The Morgan fingerprint density at radius 3 is 2.50 bits per heavy atom. The number of hydrogen-bond acceptors (Lipinski definition) is 3. The predicted molar refractivity (Wildman–Crippen MR) is 145 cm³/mol. The minimum atomic E-state index is -0.176. The van der Waals surface area contributed by atoms with E-state index in [-0.39, 0.29) is 12.1 Å². The molecule has 0 bridgehead atoms. The molecule has 0 amide bonds. The molecule has 0 saturated carbocycles. The molecule has 6 heteroatoms. The molecule has 4 nitrogen and oxygen atoms in total. The Kier molecular flexibility index (Phi) is 6.28. The number of aromatic nitrogens is 1. The molecule has 2 aromatic carbocycles. The Balaban J connectivity index is 1.58. The monoisotopic (exact) mass is 531 g/mol. The quantitative estimate of drug-likeness (QED) is 0.267. The zero-order valence-corrected chi connectivity index (χ0v) is 21.7. The SMILES string of the molecule is Cc1ccc(-c2ccc([C@@H]3[C@H](c4ccccn4)NC(=S)N3c3ccc(C(C)C)cc3)o2)c(Br)c1. The molecule has 3 heterocycles. The molecular formula is C28H26BrN3OS. The summed E-state index contributed by atoms with van der Waals surface area (Å²) in [5.74, 6) is 2.11. The molecule has 0 spiro atoms. The summed E-state index contributed by atoms with van der Waals surface area (Å²) in [6.45, 7) is 6.47. The molecule has 1 aliphatic heterocycles. The maximum Gasteiger partial charge on any atom is 0.174 e. The van der Waals surface area contributed by atoms with Crippen LogP contribution >= 0.6 is 28.1 Å². The van der Waals surface area contributed by atoms with Gasteiger partial charge in [-0.25, -0.2) is 0 Å². The summed E-state index contributed by atoms with van der Waals surface area (Å²) < 4.78 is 7.50. The fraction of sp³-hybridized carbons (Fsp3) is 0.214. The summed E-state index contributed by atoms with van der Waals surface area (Å²) in [4.78, 5) is 6.77. The van der Waals surface area contributed by atoms with E-state index in [1.54, 1.807) is 0 Å². The van der Waals surface area contributed by atoms with E-state index < -0.39 is 0 Å². The molecule has 34 heavy (non-hydrogen) atoms. The Morgan fingerprint density at radius 1 is 1.03 bits per heavy atom. The van der Waals surface area contributed by atoms with Gasteiger partial charge < -0.3 is 14.6 Å². The summed E-state index contributed by atoms with van der Waals surface area (Å²) >= 11 is 9.52. The zero-order valence-electron chi connectivity index (χ0n) is 19.3. The third-order valence-corrected chi connectivity index (χ3v) is 7.21. The van der Waals surface area contributed by atoms with Gasteiger partial charge in [0, 0.05) is 21.9 Å². The number of thiocarbonyl (C=S) groups is 1. The molecule has 1 N–H and O–H groups in total. The third-order valence-electron chi connectivity index (χ3n) is 6.24. The second kappa shape index (κ2) is 9.35. The second-order valence-corrected chi connectivity index (χ2v) is 10.2. The maximum atomic E-state index is 6.49. The van der Waals surface area contributed by atoms with Gasteiger partial charge in [-0.3, -0.25) is 4.98 Å². The van der Waals surface area contributed by atoms with Gasteiger partial charge in [0.25, 0.3) is 0 Å². The van der Waals surface area contributed by atoms with E-state index in [0.717, 1.165) is 32.9 Å². The highest BCUT2D eigenvalue weighted by Gasteiger charge is 2.42. The number of halogens is 1. The van der Waals surface area contributed by atoms with Crippen molar-refractivity contribution in [3.63, 3.8) is 0 Å². The van der Waals surface area contributed by atoms with Crippen LogP contribution in [0.4, 0.5) is 5.69 Å². The van der Waals surface area contributed by atoms with E-state index in [4.69, 9.17) is 16.6 Å². The summed E-state index contributed by atoms with van der Waals surface area (Å²) in [5.41, 5.74) is 5.46. The van der Waals surface area contributed by atoms with Gasteiger partial charge in [-0.05, 0) is 84.7 Å². The lowest BCUT2D eigenvalue weighted by Crippen LogP contribution is -2.29. The van der Waals surface area contributed by atoms with Crippen molar-refractivity contribution in [1.82, 2.24) is 10.3 Å². The lowest BCUT2D eigenvalue weighted by atomic mass is 10.0. The lowest BCUT2D eigenvalue weighted by Gasteiger charge is -2.26. The van der Waals surface area contributed by atoms with Gasteiger partial charge in [-0.2, -0.15) is 0 Å². The minimum Gasteiger partial charge on any atom is -0.459 e. The van der Waals surface area contributed by atoms with Crippen molar-refractivity contribution in [1.29, 1.82) is 0 Å². The molecule has 2 atom stereocenters. The number of pyridine rings is 1. The lowest BCUT2D eigenvalue weighted by molar-refractivity contribution is 0.439. The van der Waals surface area contributed by atoms with Crippen LogP contribution in [0.25, 0.3) is 11.3 Å². The fourth-order valence-electron chi connectivity index (χ4n) is 4.42. The molecule has 0 aliphatic carbocycles. The Labute approximate surface area is 214 Å². The number of hydrogen-bond donors (Lipinski definition) is 1. The molecule has 0 radical (unpaired) electrons. The smallest absolute Gasteiger partial charge is 0.174 e. The summed E-state index contributed by atoms with van der Waals surface area (Å²) in [7, 11) is 0. The number of aryl methyl sites for hydroxylation is 1.